The van der Waals surface area contributed by atoms with E-state index in [9.17, 15) is 0 Å². The quantitative estimate of drug-likeness (QED) is 0.192. The van der Waals surface area contributed by atoms with Crippen LogP contribution in [0.1, 0.15) is 0 Å². The third kappa shape index (κ3) is 4.83. The molecule has 4 heterocycles. The van der Waals surface area contributed by atoms with Crippen molar-refractivity contribution in [1.82, 2.24) is 24.9 Å². The van der Waals surface area contributed by atoms with Crippen LogP contribution in [0.3, 0.4) is 0 Å². The molecule has 0 aliphatic carbocycles. The summed E-state index contributed by atoms with van der Waals surface area (Å²) in [6.07, 6.45) is 3.56. The molecule has 5 aromatic carbocycles. The van der Waals surface area contributed by atoms with Gasteiger partial charge in [-0.2, -0.15) is 0 Å². The summed E-state index contributed by atoms with van der Waals surface area (Å²) in [6.45, 7) is 0. The van der Waals surface area contributed by atoms with Crippen molar-refractivity contribution in [2.75, 3.05) is 0 Å². The van der Waals surface area contributed by atoms with Gasteiger partial charge in [-0.1, -0.05) is 115 Å². The van der Waals surface area contributed by atoms with E-state index in [2.05, 4.69) is 108 Å². The number of hydrogen-bond acceptors (Lipinski definition) is 6. The summed E-state index contributed by atoms with van der Waals surface area (Å²) in [5, 5.41) is 2.14. The summed E-state index contributed by atoms with van der Waals surface area (Å²) in [5.41, 5.74) is 9.83. The van der Waals surface area contributed by atoms with Gasteiger partial charge in [0.15, 0.2) is 11.6 Å². The SMILES string of the molecule is c1ccc(-c2ccccc2-c2nc(-c3ccc(-c4nc(-c5cccnc5)nc5ccccc45)cc3)c3sc4ccccc4c3n2)cc1. The van der Waals surface area contributed by atoms with E-state index in [1.807, 2.05) is 36.4 Å². The average molecular weight is 620 g/mol. The van der Waals surface area contributed by atoms with Gasteiger partial charge in [0.05, 0.1) is 27.1 Å². The molecule has 0 radical (unpaired) electrons. The number of para-hydroxylation sites is 1. The first-order valence-corrected chi connectivity index (χ1v) is 16.2. The number of nitrogens with zero attached hydrogens (tertiary/aromatic N) is 5. The Balaban J connectivity index is 1.22. The summed E-state index contributed by atoms with van der Waals surface area (Å²) in [5.74, 6) is 1.36. The van der Waals surface area contributed by atoms with Crippen LogP contribution in [0.5, 0.6) is 0 Å². The summed E-state index contributed by atoms with van der Waals surface area (Å²) >= 11 is 1.74. The Labute approximate surface area is 275 Å². The molecule has 220 valence electrons. The second-order valence-electron chi connectivity index (χ2n) is 11.3. The molecule has 6 heteroatoms. The lowest BCUT2D eigenvalue weighted by Gasteiger charge is -2.12. The van der Waals surface area contributed by atoms with Gasteiger partial charge in [0.2, 0.25) is 0 Å². The zero-order chi connectivity index (χ0) is 31.2. The highest BCUT2D eigenvalue weighted by molar-refractivity contribution is 7.26. The molecule has 5 nitrogen and oxygen atoms in total. The van der Waals surface area contributed by atoms with Gasteiger partial charge < -0.3 is 0 Å². The molecule has 0 saturated carbocycles. The molecule has 0 aliphatic heterocycles. The van der Waals surface area contributed by atoms with Crippen LogP contribution in [0.2, 0.25) is 0 Å². The van der Waals surface area contributed by atoms with Crippen molar-refractivity contribution in [1.29, 1.82) is 0 Å². The molecule has 0 bridgehead atoms. The fourth-order valence-electron chi connectivity index (χ4n) is 6.16. The van der Waals surface area contributed by atoms with Crippen molar-refractivity contribution in [2.45, 2.75) is 0 Å². The third-order valence-corrected chi connectivity index (χ3v) is 9.59. The monoisotopic (exact) mass is 619 g/mol. The second-order valence-corrected chi connectivity index (χ2v) is 12.4. The van der Waals surface area contributed by atoms with Crippen LogP contribution >= 0.6 is 11.3 Å². The number of pyridine rings is 1. The van der Waals surface area contributed by atoms with Gasteiger partial charge >= 0.3 is 0 Å². The Morgan fingerprint density at radius 1 is 0.426 bits per heavy atom. The fraction of sp³-hybridized carbons (Fsp3) is 0. The zero-order valence-electron chi connectivity index (χ0n) is 25.1. The first kappa shape index (κ1) is 27.2. The van der Waals surface area contributed by atoms with Crippen molar-refractivity contribution in [3.05, 3.63) is 152 Å². The first-order valence-electron chi connectivity index (χ1n) is 15.4. The smallest absolute Gasteiger partial charge is 0.161 e. The third-order valence-electron chi connectivity index (χ3n) is 8.43. The topological polar surface area (TPSA) is 64.5 Å². The minimum Gasteiger partial charge on any atom is -0.264 e. The summed E-state index contributed by atoms with van der Waals surface area (Å²) in [7, 11) is 0. The van der Waals surface area contributed by atoms with Gasteiger partial charge in [-0.3, -0.25) is 4.98 Å². The van der Waals surface area contributed by atoms with Gasteiger partial charge in [0.25, 0.3) is 0 Å². The maximum Gasteiger partial charge on any atom is 0.161 e. The lowest BCUT2D eigenvalue weighted by molar-refractivity contribution is 1.21. The van der Waals surface area contributed by atoms with E-state index in [4.69, 9.17) is 19.9 Å². The molecule has 0 amide bonds. The Morgan fingerprint density at radius 2 is 1.09 bits per heavy atom. The molecule has 0 atom stereocenters. The number of aromatic nitrogens is 5. The maximum absolute atomic E-state index is 5.30. The minimum atomic E-state index is 0.653. The zero-order valence-corrected chi connectivity index (χ0v) is 25.9. The Bertz CT molecular complexity index is 2560. The standard InChI is InChI=1S/C41H25N5S/c1-2-11-26(12-3-1)30-14-4-5-15-31(30)41-45-37(39-38(46-41)33-17-7-9-19-35(33)47-39)28-22-20-27(21-23-28)36-32-16-6-8-18-34(32)43-40(44-36)29-13-10-24-42-25-29/h1-25H. The van der Waals surface area contributed by atoms with Crippen LogP contribution in [0, 0.1) is 0 Å². The summed E-state index contributed by atoms with van der Waals surface area (Å²) in [4.78, 5) is 24.7. The van der Waals surface area contributed by atoms with Crippen LogP contribution in [-0.2, 0) is 0 Å². The highest BCUT2D eigenvalue weighted by atomic mass is 32.1. The number of thiophene rings is 1. The molecule has 47 heavy (non-hydrogen) atoms. The average Bonchev–Trinajstić information content (AvgIpc) is 3.53. The fourth-order valence-corrected chi connectivity index (χ4v) is 7.31. The van der Waals surface area contributed by atoms with Gasteiger partial charge in [-0.05, 0) is 35.4 Å². The van der Waals surface area contributed by atoms with Crippen LogP contribution < -0.4 is 0 Å². The van der Waals surface area contributed by atoms with Crippen LogP contribution in [-0.4, -0.2) is 24.9 Å². The molecule has 4 aromatic heterocycles. The van der Waals surface area contributed by atoms with E-state index in [1.54, 1.807) is 23.7 Å². The van der Waals surface area contributed by atoms with Gasteiger partial charge in [-0.15, -0.1) is 11.3 Å². The molecular weight excluding hydrogens is 595 g/mol. The van der Waals surface area contributed by atoms with E-state index in [1.165, 1.54) is 4.70 Å². The molecule has 0 saturated heterocycles. The van der Waals surface area contributed by atoms with Crippen LogP contribution in [0.15, 0.2) is 152 Å². The van der Waals surface area contributed by atoms with Crippen LogP contribution in [0.25, 0.3) is 87.6 Å². The van der Waals surface area contributed by atoms with E-state index < -0.39 is 0 Å². The van der Waals surface area contributed by atoms with E-state index >= 15 is 0 Å². The normalized spacial score (nSPS) is 11.4. The van der Waals surface area contributed by atoms with E-state index in [0.29, 0.717) is 11.6 Å². The van der Waals surface area contributed by atoms with Crippen molar-refractivity contribution < 1.29 is 0 Å². The molecule has 0 spiro atoms. The molecule has 0 unspecified atom stereocenters. The molecule has 9 aromatic rings. The van der Waals surface area contributed by atoms with E-state index in [-0.39, 0.29) is 0 Å². The number of rotatable bonds is 5. The number of hydrogen-bond donors (Lipinski definition) is 0. The van der Waals surface area contributed by atoms with Crippen molar-refractivity contribution in [3.63, 3.8) is 0 Å². The summed E-state index contributed by atoms with van der Waals surface area (Å²) < 4.78 is 2.27. The summed E-state index contributed by atoms with van der Waals surface area (Å²) in [6, 6.07) is 47.9. The highest BCUT2D eigenvalue weighted by Gasteiger charge is 2.19. The van der Waals surface area contributed by atoms with Crippen molar-refractivity contribution >= 4 is 42.5 Å². The first-order chi connectivity index (χ1) is 23.3. The Kier molecular flexibility index (Phi) is 6.58. The molecule has 0 aliphatic rings. The van der Waals surface area contributed by atoms with Crippen molar-refractivity contribution in [2.24, 2.45) is 0 Å². The van der Waals surface area contributed by atoms with Crippen molar-refractivity contribution in [3.8, 4) is 56.4 Å². The maximum atomic E-state index is 5.30. The highest BCUT2D eigenvalue weighted by Crippen LogP contribution is 2.41. The van der Waals surface area contributed by atoms with E-state index in [0.717, 1.165) is 71.3 Å². The largest absolute Gasteiger partial charge is 0.264 e. The molecule has 9 rings (SSSR count). The van der Waals surface area contributed by atoms with Gasteiger partial charge in [0, 0.05) is 50.1 Å². The second kappa shape index (κ2) is 11.4. The molecular formula is C41H25N5S. The Hall–Kier alpha value is -6.11. The number of fused-ring (bicyclic) bond motifs is 4. The number of benzene rings is 5. The lowest BCUT2D eigenvalue weighted by atomic mass is 9.98. The predicted molar refractivity (Wildman–Crippen MR) is 193 cm³/mol. The molecule has 0 fully saturated rings. The predicted octanol–water partition coefficient (Wildman–Crippen LogP) is 10.5. The molecule has 0 N–H and O–H groups in total. The van der Waals surface area contributed by atoms with Crippen LogP contribution in [0.4, 0.5) is 0 Å². The Morgan fingerprint density at radius 3 is 1.89 bits per heavy atom. The van der Waals surface area contributed by atoms with Gasteiger partial charge in [0.1, 0.15) is 0 Å². The minimum absolute atomic E-state index is 0.653. The lowest BCUT2D eigenvalue weighted by Crippen LogP contribution is -1.96. The van der Waals surface area contributed by atoms with Gasteiger partial charge in [-0.25, -0.2) is 19.9 Å².